The monoisotopic (exact) mass is 223 g/mol. The molecule has 0 aliphatic heterocycles. The van der Waals surface area contributed by atoms with E-state index in [0.29, 0.717) is 6.61 Å². The SMILES string of the molecule is CCCNc1cc(CCC)nc(COC)n1. The van der Waals surface area contributed by atoms with Gasteiger partial charge in [-0.1, -0.05) is 20.3 Å². The minimum atomic E-state index is 0.471. The Balaban J connectivity index is 2.80. The molecule has 0 spiro atoms. The van der Waals surface area contributed by atoms with Crippen molar-refractivity contribution in [2.75, 3.05) is 19.0 Å². The summed E-state index contributed by atoms with van der Waals surface area (Å²) in [7, 11) is 1.66. The summed E-state index contributed by atoms with van der Waals surface area (Å²) < 4.78 is 5.07. The summed E-state index contributed by atoms with van der Waals surface area (Å²) in [6.45, 7) is 5.70. The van der Waals surface area contributed by atoms with Crippen molar-refractivity contribution in [2.45, 2.75) is 39.7 Å². The molecule has 16 heavy (non-hydrogen) atoms. The number of hydrogen-bond acceptors (Lipinski definition) is 4. The average Bonchev–Trinajstić information content (AvgIpc) is 2.27. The van der Waals surface area contributed by atoms with Crippen molar-refractivity contribution < 1.29 is 4.74 Å². The van der Waals surface area contributed by atoms with E-state index < -0.39 is 0 Å². The fraction of sp³-hybridized carbons (Fsp3) is 0.667. The van der Waals surface area contributed by atoms with Gasteiger partial charge in [0, 0.05) is 25.4 Å². The highest BCUT2D eigenvalue weighted by Crippen LogP contribution is 2.09. The van der Waals surface area contributed by atoms with Crippen LogP contribution in [0, 0.1) is 0 Å². The predicted molar refractivity (Wildman–Crippen MR) is 65.5 cm³/mol. The lowest BCUT2D eigenvalue weighted by atomic mass is 10.2. The summed E-state index contributed by atoms with van der Waals surface area (Å²) in [5.41, 5.74) is 1.09. The zero-order chi connectivity index (χ0) is 11.8. The molecule has 4 heteroatoms. The van der Waals surface area contributed by atoms with Gasteiger partial charge in [0.05, 0.1) is 0 Å². The lowest BCUT2D eigenvalue weighted by Crippen LogP contribution is -2.07. The van der Waals surface area contributed by atoms with Gasteiger partial charge in [0.25, 0.3) is 0 Å². The molecule has 4 nitrogen and oxygen atoms in total. The largest absolute Gasteiger partial charge is 0.377 e. The predicted octanol–water partition coefficient (Wildman–Crippen LogP) is 2.40. The van der Waals surface area contributed by atoms with Crippen LogP contribution in [0.5, 0.6) is 0 Å². The van der Waals surface area contributed by atoms with E-state index in [9.17, 15) is 0 Å². The molecule has 1 heterocycles. The Morgan fingerprint density at radius 2 is 2.06 bits per heavy atom. The van der Waals surface area contributed by atoms with Crippen molar-refractivity contribution >= 4 is 5.82 Å². The zero-order valence-corrected chi connectivity index (χ0v) is 10.4. The number of anilines is 1. The van der Waals surface area contributed by atoms with Crippen molar-refractivity contribution in [2.24, 2.45) is 0 Å². The Morgan fingerprint density at radius 1 is 1.25 bits per heavy atom. The van der Waals surface area contributed by atoms with Crippen LogP contribution < -0.4 is 5.32 Å². The Kier molecular flexibility index (Phi) is 5.78. The van der Waals surface area contributed by atoms with E-state index in [1.807, 2.05) is 6.07 Å². The van der Waals surface area contributed by atoms with Crippen molar-refractivity contribution in [1.29, 1.82) is 0 Å². The van der Waals surface area contributed by atoms with Crippen LogP contribution in [0.25, 0.3) is 0 Å². The van der Waals surface area contributed by atoms with Crippen LogP contribution in [0.4, 0.5) is 5.82 Å². The summed E-state index contributed by atoms with van der Waals surface area (Å²) >= 11 is 0. The molecular weight excluding hydrogens is 202 g/mol. The maximum Gasteiger partial charge on any atom is 0.156 e. The second kappa shape index (κ2) is 7.17. The molecule has 0 unspecified atom stereocenters. The molecule has 1 aromatic heterocycles. The van der Waals surface area contributed by atoms with Gasteiger partial charge in [-0.25, -0.2) is 9.97 Å². The normalized spacial score (nSPS) is 10.4. The van der Waals surface area contributed by atoms with Gasteiger partial charge < -0.3 is 10.1 Å². The summed E-state index contributed by atoms with van der Waals surface area (Å²) in [5.74, 6) is 1.67. The lowest BCUT2D eigenvalue weighted by Gasteiger charge is -2.08. The van der Waals surface area contributed by atoms with Gasteiger partial charge in [0.1, 0.15) is 12.4 Å². The molecule has 0 amide bonds. The Labute approximate surface area is 97.5 Å². The first kappa shape index (κ1) is 12.9. The Hall–Kier alpha value is -1.16. The molecule has 0 atom stereocenters. The molecule has 0 bridgehead atoms. The van der Waals surface area contributed by atoms with Gasteiger partial charge in [-0.2, -0.15) is 0 Å². The van der Waals surface area contributed by atoms with E-state index in [0.717, 1.165) is 43.1 Å². The lowest BCUT2D eigenvalue weighted by molar-refractivity contribution is 0.177. The third kappa shape index (κ3) is 4.14. The molecule has 0 fully saturated rings. The first-order valence-corrected chi connectivity index (χ1v) is 5.89. The highest BCUT2D eigenvalue weighted by molar-refractivity contribution is 5.36. The van der Waals surface area contributed by atoms with Crippen LogP contribution in [-0.4, -0.2) is 23.6 Å². The van der Waals surface area contributed by atoms with Gasteiger partial charge in [-0.05, 0) is 12.8 Å². The highest BCUT2D eigenvalue weighted by atomic mass is 16.5. The second-order valence-electron chi connectivity index (χ2n) is 3.77. The second-order valence-corrected chi connectivity index (χ2v) is 3.77. The third-order valence-corrected chi connectivity index (χ3v) is 2.16. The van der Waals surface area contributed by atoms with E-state index in [2.05, 4.69) is 29.1 Å². The third-order valence-electron chi connectivity index (χ3n) is 2.16. The van der Waals surface area contributed by atoms with Crippen LogP contribution in [0.2, 0.25) is 0 Å². The summed E-state index contributed by atoms with van der Waals surface area (Å²) in [4.78, 5) is 8.84. The molecule has 0 saturated heterocycles. The minimum absolute atomic E-state index is 0.471. The van der Waals surface area contributed by atoms with Crippen molar-refractivity contribution in [1.82, 2.24) is 9.97 Å². The quantitative estimate of drug-likeness (QED) is 0.771. The van der Waals surface area contributed by atoms with Gasteiger partial charge >= 0.3 is 0 Å². The van der Waals surface area contributed by atoms with Crippen LogP contribution in [-0.2, 0) is 17.8 Å². The molecular formula is C12H21N3O. The van der Waals surface area contributed by atoms with Gasteiger partial charge in [-0.15, -0.1) is 0 Å². The first-order chi connectivity index (χ1) is 7.80. The van der Waals surface area contributed by atoms with Crippen LogP contribution in [0.15, 0.2) is 6.07 Å². The molecule has 1 rings (SSSR count). The Morgan fingerprint density at radius 3 is 2.69 bits per heavy atom. The van der Waals surface area contributed by atoms with Crippen molar-refractivity contribution in [3.05, 3.63) is 17.6 Å². The molecule has 1 N–H and O–H groups in total. The molecule has 90 valence electrons. The number of nitrogens with one attached hydrogen (secondary N) is 1. The number of methoxy groups -OCH3 is 1. The molecule has 0 radical (unpaired) electrons. The molecule has 0 aliphatic carbocycles. The van der Waals surface area contributed by atoms with Crippen molar-refractivity contribution in [3.8, 4) is 0 Å². The molecule has 1 aromatic rings. The molecule has 0 aromatic carbocycles. The fourth-order valence-corrected chi connectivity index (χ4v) is 1.47. The molecule has 0 aliphatic rings. The number of aromatic nitrogens is 2. The Bertz CT molecular complexity index is 291. The van der Waals surface area contributed by atoms with Crippen LogP contribution >= 0.6 is 0 Å². The maximum atomic E-state index is 5.07. The topological polar surface area (TPSA) is 47.0 Å². The van der Waals surface area contributed by atoms with E-state index in [1.165, 1.54) is 0 Å². The minimum Gasteiger partial charge on any atom is -0.377 e. The highest BCUT2D eigenvalue weighted by Gasteiger charge is 2.03. The summed E-state index contributed by atoms with van der Waals surface area (Å²) in [6.07, 6.45) is 3.17. The zero-order valence-electron chi connectivity index (χ0n) is 10.4. The van der Waals surface area contributed by atoms with Crippen molar-refractivity contribution in [3.63, 3.8) is 0 Å². The first-order valence-electron chi connectivity index (χ1n) is 5.89. The van der Waals surface area contributed by atoms with Crippen LogP contribution in [0.3, 0.4) is 0 Å². The fourth-order valence-electron chi connectivity index (χ4n) is 1.47. The maximum absolute atomic E-state index is 5.07. The van der Waals surface area contributed by atoms with Gasteiger partial charge in [-0.3, -0.25) is 0 Å². The van der Waals surface area contributed by atoms with E-state index in [4.69, 9.17) is 4.74 Å². The number of hydrogen-bond donors (Lipinski definition) is 1. The molecule has 0 saturated carbocycles. The van der Waals surface area contributed by atoms with Gasteiger partial charge in [0.15, 0.2) is 5.82 Å². The number of rotatable bonds is 7. The van der Waals surface area contributed by atoms with E-state index in [1.54, 1.807) is 7.11 Å². The van der Waals surface area contributed by atoms with Gasteiger partial charge in [0.2, 0.25) is 0 Å². The summed E-state index contributed by atoms with van der Waals surface area (Å²) in [6, 6.07) is 2.03. The smallest absolute Gasteiger partial charge is 0.156 e. The average molecular weight is 223 g/mol. The number of nitrogens with zero attached hydrogens (tertiary/aromatic N) is 2. The van der Waals surface area contributed by atoms with E-state index >= 15 is 0 Å². The number of aryl methyl sites for hydroxylation is 1. The van der Waals surface area contributed by atoms with Crippen LogP contribution in [0.1, 0.15) is 38.2 Å². The number of ether oxygens (including phenoxy) is 1. The summed E-state index contributed by atoms with van der Waals surface area (Å²) in [5, 5.41) is 3.29. The standard InChI is InChI=1S/C12H21N3O/c1-4-6-10-8-11(13-7-5-2)15-12(14-10)9-16-3/h8H,4-7,9H2,1-3H3,(H,13,14,15). The van der Waals surface area contributed by atoms with E-state index in [-0.39, 0.29) is 0 Å².